The molecule has 3 heterocycles. The highest BCUT2D eigenvalue weighted by Gasteiger charge is 2.23. The molecule has 1 N–H and O–H groups in total. The second kappa shape index (κ2) is 5.94. The smallest absolute Gasteiger partial charge is 0.274 e. The number of hydrogen-bond donors (Lipinski definition) is 1. The number of H-pyrrole nitrogens is 1. The first-order chi connectivity index (χ1) is 10.5. The van der Waals surface area contributed by atoms with Gasteiger partial charge in [-0.1, -0.05) is 13.8 Å². The van der Waals surface area contributed by atoms with Crippen LogP contribution in [0.25, 0.3) is 0 Å². The molecular weight excluding hydrogens is 278 g/mol. The summed E-state index contributed by atoms with van der Waals surface area (Å²) in [6, 6.07) is 1.86. The lowest BCUT2D eigenvalue weighted by molar-refractivity contribution is 0.0754. The van der Waals surface area contributed by atoms with Crippen molar-refractivity contribution in [2.45, 2.75) is 39.2 Å². The third-order valence-corrected chi connectivity index (χ3v) is 4.35. The van der Waals surface area contributed by atoms with Crippen molar-refractivity contribution in [3.8, 4) is 0 Å². The minimum atomic E-state index is -0.0143. The number of imidazole rings is 1. The zero-order chi connectivity index (χ0) is 15.7. The highest BCUT2D eigenvalue weighted by molar-refractivity contribution is 5.92. The van der Waals surface area contributed by atoms with Gasteiger partial charge in [0, 0.05) is 44.6 Å². The Morgan fingerprint density at radius 3 is 3.09 bits per heavy atom. The van der Waals surface area contributed by atoms with E-state index >= 15 is 0 Å². The topological polar surface area (TPSA) is 66.8 Å². The van der Waals surface area contributed by atoms with Gasteiger partial charge in [0.25, 0.3) is 5.91 Å². The van der Waals surface area contributed by atoms with E-state index in [4.69, 9.17) is 0 Å². The van der Waals surface area contributed by atoms with Gasteiger partial charge in [-0.15, -0.1) is 0 Å². The Bertz CT molecular complexity index is 657. The monoisotopic (exact) mass is 301 g/mol. The van der Waals surface area contributed by atoms with Crippen LogP contribution in [0.3, 0.4) is 0 Å². The standard InChI is InChI=1S/C16H23N5O/c1-11(2)13-8-14(19-18-13)16(22)20(3)9-12-4-5-15-17-6-7-21(15)10-12/h6-8,11-12H,4-5,9-10H2,1-3H3,(H,18,19). The number of fused-ring (bicyclic) bond motifs is 1. The molecule has 2 aromatic heterocycles. The predicted molar refractivity (Wildman–Crippen MR) is 83.7 cm³/mol. The Hall–Kier alpha value is -2.11. The molecule has 2 aromatic rings. The van der Waals surface area contributed by atoms with Crippen LogP contribution >= 0.6 is 0 Å². The van der Waals surface area contributed by atoms with Gasteiger partial charge >= 0.3 is 0 Å². The lowest BCUT2D eigenvalue weighted by Gasteiger charge is -2.27. The highest BCUT2D eigenvalue weighted by Crippen LogP contribution is 2.20. The van der Waals surface area contributed by atoms with E-state index in [0.29, 0.717) is 17.5 Å². The van der Waals surface area contributed by atoms with Gasteiger partial charge < -0.3 is 9.47 Å². The van der Waals surface area contributed by atoms with Crippen LogP contribution in [0.15, 0.2) is 18.5 Å². The first-order valence-corrected chi connectivity index (χ1v) is 7.85. The van der Waals surface area contributed by atoms with Crippen LogP contribution in [-0.2, 0) is 13.0 Å². The van der Waals surface area contributed by atoms with Gasteiger partial charge in [-0.2, -0.15) is 5.10 Å². The van der Waals surface area contributed by atoms with Crippen molar-refractivity contribution in [3.05, 3.63) is 35.7 Å². The number of carbonyl (C=O) groups is 1. The molecule has 6 nitrogen and oxygen atoms in total. The molecule has 0 aliphatic carbocycles. The molecule has 0 bridgehead atoms. The lowest BCUT2D eigenvalue weighted by atomic mass is 9.99. The maximum Gasteiger partial charge on any atom is 0.274 e. The summed E-state index contributed by atoms with van der Waals surface area (Å²) in [6.07, 6.45) is 5.93. The molecule has 1 aliphatic rings. The van der Waals surface area contributed by atoms with E-state index in [0.717, 1.165) is 37.4 Å². The molecule has 1 unspecified atom stereocenters. The molecule has 22 heavy (non-hydrogen) atoms. The number of carbonyl (C=O) groups excluding carboxylic acids is 1. The van der Waals surface area contributed by atoms with Crippen LogP contribution in [0.5, 0.6) is 0 Å². The number of hydrogen-bond acceptors (Lipinski definition) is 3. The van der Waals surface area contributed by atoms with Crippen molar-refractivity contribution in [2.24, 2.45) is 5.92 Å². The van der Waals surface area contributed by atoms with E-state index < -0.39 is 0 Å². The Morgan fingerprint density at radius 2 is 2.36 bits per heavy atom. The summed E-state index contributed by atoms with van der Waals surface area (Å²) < 4.78 is 2.19. The van der Waals surface area contributed by atoms with Crippen molar-refractivity contribution in [1.29, 1.82) is 0 Å². The van der Waals surface area contributed by atoms with E-state index in [1.165, 1.54) is 0 Å². The molecule has 0 saturated heterocycles. The van der Waals surface area contributed by atoms with Gasteiger partial charge in [0.15, 0.2) is 0 Å². The third kappa shape index (κ3) is 2.91. The fourth-order valence-corrected chi connectivity index (χ4v) is 2.99. The minimum absolute atomic E-state index is 0.0143. The van der Waals surface area contributed by atoms with E-state index in [1.807, 2.05) is 25.5 Å². The number of aryl methyl sites for hydroxylation is 1. The maximum atomic E-state index is 12.5. The summed E-state index contributed by atoms with van der Waals surface area (Å²) in [5.41, 5.74) is 1.50. The number of rotatable bonds is 4. The second-order valence-corrected chi connectivity index (χ2v) is 6.45. The molecule has 0 aromatic carbocycles. The highest BCUT2D eigenvalue weighted by atomic mass is 16.2. The molecule has 118 valence electrons. The zero-order valence-corrected chi connectivity index (χ0v) is 13.4. The normalized spacial score (nSPS) is 17.5. The summed E-state index contributed by atoms with van der Waals surface area (Å²) in [7, 11) is 1.86. The molecule has 0 radical (unpaired) electrons. The Kier molecular flexibility index (Phi) is 4.00. The van der Waals surface area contributed by atoms with E-state index in [1.54, 1.807) is 4.90 Å². The van der Waals surface area contributed by atoms with Crippen LogP contribution in [0.2, 0.25) is 0 Å². The largest absolute Gasteiger partial charge is 0.340 e. The summed E-state index contributed by atoms with van der Waals surface area (Å²) in [6.45, 7) is 5.84. The van der Waals surface area contributed by atoms with Gasteiger partial charge in [-0.3, -0.25) is 9.89 Å². The van der Waals surface area contributed by atoms with Crippen LogP contribution < -0.4 is 0 Å². The summed E-state index contributed by atoms with van der Waals surface area (Å²) in [5.74, 6) is 1.95. The van der Waals surface area contributed by atoms with Gasteiger partial charge in [0.1, 0.15) is 11.5 Å². The van der Waals surface area contributed by atoms with Crippen molar-refractivity contribution < 1.29 is 4.79 Å². The van der Waals surface area contributed by atoms with Crippen LogP contribution in [0.1, 0.15) is 48.2 Å². The lowest BCUT2D eigenvalue weighted by Crippen LogP contribution is -2.35. The van der Waals surface area contributed by atoms with Crippen LogP contribution in [0, 0.1) is 5.92 Å². The van der Waals surface area contributed by atoms with Gasteiger partial charge in [-0.25, -0.2) is 4.98 Å². The number of aromatic amines is 1. The quantitative estimate of drug-likeness (QED) is 0.940. The molecule has 1 atom stereocenters. The molecule has 1 aliphatic heterocycles. The maximum absolute atomic E-state index is 12.5. The van der Waals surface area contributed by atoms with E-state index in [-0.39, 0.29) is 5.91 Å². The summed E-state index contributed by atoms with van der Waals surface area (Å²) >= 11 is 0. The summed E-state index contributed by atoms with van der Waals surface area (Å²) in [4.78, 5) is 18.6. The predicted octanol–water partition coefficient (Wildman–Crippen LogP) is 2.06. The molecule has 0 saturated carbocycles. The summed E-state index contributed by atoms with van der Waals surface area (Å²) in [5, 5.41) is 7.09. The Morgan fingerprint density at radius 1 is 1.55 bits per heavy atom. The van der Waals surface area contributed by atoms with Crippen molar-refractivity contribution in [3.63, 3.8) is 0 Å². The second-order valence-electron chi connectivity index (χ2n) is 6.45. The van der Waals surface area contributed by atoms with Crippen LogP contribution in [0.4, 0.5) is 0 Å². The average Bonchev–Trinajstić information content (AvgIpc) is 3.15. The van der Waals surface area contributed by atoms with Crippen molar-refractivity contribution >= 4 is 5.91 Å². The zero-order valence-electron chi connectivity index (χ0n) is 13.4. The number of nitrogens with one attached hydrogen (secondary N) is 1. The molecule has 6 heteroatoms. The molecule has 0 fully saturated rings. The van der Waals surface area contributed by atoms with Crippen molar-refractivity contribution in [1.82, 2.24) is 24.6 Å². The average molecular weight is 301 g/mol. The number of nitrogens with zero attached hydrogens (tertiary/aromatic N) is 4. The molecule has 3 rings (SSSR count). The van der Waals surface area contributed by atoms with Gasteiger partial charge in [0.05, 0.1) is 0 Å². The minimum Gasteiger partial charge on any atom is -0.340 e. The third-order valence-electron chi connectivity index (χ3n) is 4.35. The number of aromatic nitrogens is 4. The molecular formula is C16H23N5O. The fourth-order valence-electron chi connectivity index (χ4n) is 2.99. The van der Waals surface area contributed by atoms with E-state index in [2.05, 4.69) is 33.6 Å². The van der Waals surface area contributed by atoms with Crippen molar-refractivity contribution in [2.75, 3.05) is 13.6 Å². The van der Waals surface area contributed by atoms with Gasteiger partial charge in [-0.05, 0) is 24.3 Å². The fraction of sp³-hybridized carbons (Fsp3) is 0.562. The SMILES string of the molecule is CC(C)c1cc(C(=O)N(C)CC2CCc3nccn3C2)n[nH]1. The number of amides is 1. The Labute approximate surface area is 130 Å². The first kappa shape index (κ1) is 14.8. The molecule has 0 spiro atoms. The Balaban J connectivity index is 1.62. The van der Waals surface area contributed by atoms with Crippen LogP contribution in [-0.4, -0.2) is 44.1 Å². The van der Waals surface area contributed by atoms with Gasteiger partial charge in [0.2, 0.25) is 0 Å². The molecule has 1 amide bonds. The van der Waals surface area contributed by atoms with E-state index in [9.17, 15) is 4.79 Å². The first-order valence-electron chi connectivity index (χ1n) is 7.85.